The summed E-state index contributed by atoms with van der Waals surface area (Å²) in [5.74, 6) is 0.290. The lowest BCUT2D eigenvalue weighted by molar-refractivity contribution is -0.119. The molecule has 1 aliphatic carbocycles. The summed E-state index contributed by atoms with van der Waals surface area (Å²) >= 11 is 0. The molecule has 1 aromatic carbocycles. The molecular weight excluding hydrogens is 200 g/mol. The Morgan fingerprint density at radius 2 is 1.88 bits per heavy atom. The van der Waals surface area contributed by atoms with E-state index in [-0.39, 0.29) is 11.8 Å². The van der Waals surface area contributed by atoms with Crippen molar-refractivity contribution >= 4 is 11.6 Å². The number of carbonyl (C=O) groups excluding carboxylic acids is 1. The number of nitriles is 1. The number of hydrogen-bond donors (Lipinski definition) is 1. The van der Waals surface area contributed by atoms with Crippen molar-refractivity contribution in [3.63, 3.8) is 0 Å². The quantitative estimate of drug-likeness (QED) is 0.822. The van der Waals surface area contributed by atoms with Gasteiger partial charge in [0.2, 0.25) is 5.91 Å². The number of nitrogens with one attached hydrogen (secondary N) is 1. The van der Waals surface area contributed by atoms with Gasteiger partial charge in [-0.2, -0.15) is 5.26 Å². The van der Waals surface area contributed by atoms with Crippen LogP contribution in [0.15, 0.2) is 24.3 Å². The van der Waals surface area contributed by atoms with Crippen molar-refractivity contribution in [3.05, 3.63) is 29.8 Å². The van der Waals surface area contributed by atoms with Crippen molar-refractivity contribution in [2.45, 2.75) is 25.7 Å². The van der Waals surface area contributed by atoms with E-state index in [0.717, 1.165) is 31.4 Å². The van der Waals surface area contributed by atoms with E-state index >= 15 is 0 Å². The van der Waals surface area contributed by atoms with E-state index in [1.54, 1.807) is 24.3 Å². The van der Waals surface area contributed by atoms with Gasteiger partial charge in [0.15, 0.2) is 0 Å². The highest BCUT2D eigenvalue weighted by molar-refractivity contribution is 5.92. The molecule has 3 heteroatoms. The number of anilines is 1. The first-order chi connectivity index (χ1) is 7.79. The fourth-order valence-electron chi connectivity index (χ4n) is 2.06. The average Bonchev–Trinajstić information content (AvgIpc) is 2.83. The van der Waals surface area contributed by atoms with Gasteiger partial charge in [-0.25, -0.2) is 0 Å². The maximum absolute atomic E-state index is 11.8. The summed E-state index contributed by atoms with van der Waals surface area (Å²) in [6.07, 6.45) is 4.32. The molecule has 0 atom stereocenters. The largest absolute Gasteiger partial charge is 0.326 e. The predicted molar refractivity (Wildman–Crippen MR) is 61.7 cm³/mol. The normalized spacial score (nSPS) is 15.7. The molecule has 0 radical (unpaired) electrons. The van der Waals surface area contributed by atoms with Crippen LogP contribution >= 0.6 is 0 Å². The van der Waals surface area contributed by atoms with Crippen LogP contribution in [0.4, 0.5) is 5.69 Å². The van der Waals surface area contributed by atoms with E-state index in [1.807, 2.05) is 6.07 Å². The lowest BCUT2D eigenvalue weighted by atomic mass is 10.1. The van der Waals surface area contributed by atoms with Crippen LogP contribution in [-0.2, 0) is 4.79 Å². The van der Waals surface area contributed by atoms with Crippen LogP contribution in [0, 0.1) is 17.2 Å². The van der Waals surface area contributed by atoms with Crippen molar-refractivity contribution in [2.75, 3.05) is 5.32 Å². The van der Waals surface area contributed by atoms with E-state index in [4.69, 9.17) is 5.26 Å². The van der Waals surface area contributed by atoms with Crippen molar-refractivity contribution in [1.29, 1.82) is 5.26 Å². The Balaban J connectivity index is 1.98. The standard InChI is InChI=1S/C13H14N2O/c14-9-10-5-7-12(8-6-10)15-13(16)11-3-1-2-4-11/h5-8,11H,1-4H2,(H,15,16). The number of benzene rings is 1. The van der Waals surface area contributed by atoms with Gasteiger partial charge in [0, 0.05) is 11.6 Å². The zero-order valence-corrected chi connectivity index (χ0v) is 9.07. The third-order valence-corrected chi connectivity index (χ3v) is 3.01. The van der Waals surface area contributed by atoms with Crippen LogP contribution < -0.4 is 5.32 Å². The molecule has 0 unspecified atom stereocenters. The summed E-state index contributed by atoms with van der Waals surface area (Å²) in [6, 6.07) is 9.01. The molecule has 1 fully saturated rings. The molecule has 2 rings (SSSR count). The van der Waals surface area contributed by atoms with E-state index in [1.165, 1.54) is 0 Å². The first-order valence-electron chi connectivity index (χ1n) is 5.60. The Morgan fingerprint density at radius 3 is 2.44 bits per heavy atom. The smallest absolute Gasteiger partial charge is 0.227 e. The van der Waals surface area contributed by atoms with Crippen LogP contribution in [-0.4, -0.2) is 5.91 Å². The molecule has 0 spiro atoms. The Labute approximate surface area is 95.1 Å². The molecule has 0 aromatic heterocycles. The fourth-order valence-corrected chi connectivity index (χ4v) is 2.06. The second-order valence-corrected chi connectivity index (χ2v) is 4.16. The molecule has 0 bridgehead atoms. The summed E-state index contributed by atoms with van der Waals surface area (Å²) < 4.78 is 0. The maximum Gasteiger partial charge on any atom is 0.227 e. The molecule has 1 aliphatic rings. The van der Waals surface area contributed by atoms with Crippen LogP contribution in [0.2, 0.25) is 0 Å². The minimum absolute atomic E-state index is 0.113. The second-order valence-electron chi connectivity index (χ2n) is 4.16. The van der Waals surface area contributed by atoms with Gasteiger partial charge in [0.25, 0.3) is 0 Å². The highest BCUT2D eigenvalue weighted by Crippen LogP contribution is 2.25. The summed E-state index contributed by atoms with van der Waals surface area (Å²) in [6.45, 7) is 0. The van der Waals surface area contributed by atoms with Crippen molar-refractivity contribution in [1.82, 2.24) is 0 Å². The van der Waals surface area contributed by atoms with Crippen LogP contribution in [0.3, 0.4) is 0 Å². The molecule has 82 valence electrons. The summed E-state index contributed by atoms with van der Waals surface area (Å²) in [5, 5.41) is 11.5. The minimum Gasteiger partial charge on any atom is -0.326 e. The van der Waals surface area contributed by atoms with Gasteiger partial charge in [0.05, 0.1) is 11.6 Å². The first kappa shape index (κ1) is 10.7. The van der Waals surface area contributed by atoms with Gasteiger partial charge >= 0.3 is 0 Å². The molecule has 1 aromatic rings. The van der Waals surface area contributed by atoms with E-state index in [0.29, 0.717) is 5.56 Å². The predicted octanol–water partition coefficient (Wildman–Crippen LogP) is 2.69. The first-order valence-corrected chi connectivity index (χ1v) is 5.60. The van der Waals surface area contributed by atoms with Crippen LogP contribution in [0.25, 0.3) is 0 Å². The fraction of sp³-hybridized carbons (Fsp3) is 0.385. The lowest BCUT2D eigenvalue weighted by Gasteiger charge is -2.09. The third kappa shape index (κ3) is 2.40. The molecule has 0 aliphatic heterocycles. The number of rotatable bonds is 2. The van der Waals surface area contributed by atoms with E-state index < -0.39 is 0 Å². The molecule has 16 heavy (non-hydrogen) atoms. The van der Waals surface area contributed by atoms with Gasteiger partial charge < -0.3 is 5.32 Å². The second kappa shape index (κ2) is 4.80. The summed E-state index contributed by atoms with van der Waals surface area (Å²) in [4.78, 5) is 11.8. The molecule has 1 N–H and O–H groups in total. The minimum atomic E-state index is 0.113. The topological polar surface area (TPSA) is 52.9 Å². The number of carbonyl (C=O) groups is 1. The van der Waals surface area contributed by atoms with Crippen molar-refractivity contribution in [3.8, 4) is 6.07 Å². The number of amides is 1. The zero-order chi connectivity index (χ0) is 11.4. The maximum atomic E-state index is 11.8. The third-order valence-electron chi connectivity index (χ3n) is 3.01. The highest BCUT2D eigenvalue weighted by atomic mass is 16.1. The van der Waals surface area contributed by atoms with Gasteiger partial charge in [0.1, 0.15) is 0 Å². The van der Waals surface area contributed by atoms with Crippen LogP contribution in [0.1, 0.15) is 31.2 Å². The molecule has 1 saturated carbocycles. The van der Waals surface area contributed by atoms with Gasteiger partial charge in [-0.05, 0) is 37.1 Å². The van der Waals surface area contributed by atoms with E-state index in [9.17, 15) is 4.79 Å². The van der Waals surface area contributed by atoms with Crippen molar-refractivity contribution in [2.24, 2.45) is 5.92 Å². The molecule has 3 nitrogen and oxygen atoms in total. The zero-order valence-electron chi connectivity index (χ0n) is 9.07. The van der Waals surface area contributed by atoms with Crippen LogP contribution in [0.5, 0.6) is 0 Å². The molecule has 1 amide bonds. The highest BCUT2D eigenvalue weighted by Gasteiger charge is 2.22. The summed E-state index contributed by atoms with van der Waals surface area (Å²) in [5.41, 5.74) is 1.38. The Kier molecular flexibility index (Phi) is 3.21. The summed E-state index contributed by atoms with van der Waals surface area (Å²) in [7, 11) is 0. The molecular formula is C13H14N2O. The number of hydrogen-bond acceptors (Lipinski definition) is 2. The average molecular weight is 214 g/mol. The monoisotopic (exact) mass is 214 g/mol. The van der Waals surface area contributed by atoms with Gasteiger partial charge in [-0.15, -0.1) is 0 Å². The number of nitrogens with zero attached hydrogens (tertiary/aromatic N) is 1. The Morgan fingerprint density at radius 1 is 1.25 bits per heavy atom. The molecule has 0 saturated heterocycles. The molecule has 0 heterocycles. The lowest BCUT2D eigenvalue weighted by Crippen LogP contribution is -2.20. The van der Waals surface area contributed by atoms with Gasteiger partial charge in [-0.3, -0.25) is 4.79 Å². The Hall–Kier alpha value is -1.82. The van der Waals surface area contributed by atoms with Crippen molar-refractivity contribution < 1.29 is 4.79 Å². The SMILES string of the molecule is N#Cc1ccc(NC(=O)C2CCCC2)cc1. The Bertz CT molecular complexity index is 411. The van der Waals surface area contributed by atoms with Gasteiger partial charge in [-0.1, -0.05) is 12.8 Å². The van der Waals surface area contributed by atoms with E-state index in [2.05, 4.69) is 5.32 Å².